The lowest BCUT2D eigenvalue weighted by molar-refractivity contribution is 0.499. The first-order valence-corrected chi connectivity index (χ1v) is 5.30. The van der Waals surface area contributed by atoms with Gasteiger partial charge in [0.05, 0.1) is 0 Å². The van der Waals surface area contributed by atoms with E-state index in [0.29, 0.717) is 18.5 Å². The van der Waals surface area contributed by atoms with Crippen LogP contribution in [-0.4, -0.2) is 23.1 Å². The minimum absolute atomic E-state index is 0.425. The van der Waals surface area contributed by atoms with E-state index in [2.05, 4.69) is 35.6 Å². The Hall–Kier alpha value is -1.16. The predicted octanol–water partition coefficient (Wildman–Crippen LogP) is 1.42. The van der Waals surface area contributed by atoms with Gasteiger partial charge < -0.3 is 10.6 Å². The molecule has 0 aromatic carbocycles. The van der Waals surface area contributed by atoms with Gasteiger partial charge in [0, 0.05) is 37.6 Å². The van der Waals surface area contributed by atoms with Crippen molar-refractivity contribution >= 4 is 5.95 Å². The van der Waals surface area contributed by atoms with E-state index in [0.717, 1.165) is 11.5 Å². The van der Waals surface area contributed by atoms with Gasteiger partial charge in [-0.3, -0.25) is 0 Å². The highest BCUT2D eigenvalue weighted by atomic mass is 15.2. The Kier molecular flexibility index (Phi) is 4.03. The molecule has 1 aromatic heterocycles. The molecule has 0 amide bonds. The Balaban J connectivity index is 2.78. The Bertz CT molecular complexity index is 294. The van der Waals surface area contributed by atoms with Gasteiger partial charge in [-0.05, 0) is 12.8 Å². The normalized spacial score (nSPS) is 12.9. The quantitative estimate of drug-likeness (QED) is 0.813. The first kappa shape index (κ1) is 11.9. The zero-order valence-corrected chi connectivity index (χ0v) is 9.94. The average molecular weight is 208 g/mol. The molecule has 1 atom stereocenters. The second-order valence-electron chi connectivity index (χ2n) is 4.19. The van der Waals surface area contributed by atoms with Gasteiger partial charge in [0.1, 0.15) is 0 Å². The number of rotatable bonds is 4. The summed E-state index contributed by atoms with van der Waals surface area (Å²) in [5.41, 5.74) is 6.45. The van der Waals surface area contributed by atoms with Crippen LogP contribution in [0.15, 0.2) is 12.4 Å². The average Bonchev–Trinajstić information content (AvgIpc) is 2.27. The summed E-state index contributed by atoms with van der Waals surface area (Å²) in [6.07, 6.45) is 3.57. The summed E-state index contributed by atoms with van der Waals surface area (Å²) in [7, 11) is 2.02. The summed E-state index contributed by atoms with van der Waals surface area (Å²) in [6.45, 7) is 7.04. The summed E-state index contributed by atoms with van der Waals surface area (Å²) in [4.78, 5) is 10.7. The number of hydrogen-bond donors (Lipinski definition) is 1. The molecule has 0 aliphatic carbocycles. The van der Waals surface area contributed by atoms with Gasteiger partial charge in [0.15, 0.2) is 0 Å². The van der Waals surface area contributed by atoms with E-state index in [1.165, 1.54) is 0 Å². The van der Waals surface area contributed by atoms with E-state index in [4.69, 9.17) is 5.73 Å². The fourth-order valence-electron chi connectivity index (χ4n) is 1.26. The lowest BCUT2D eigenvalue weighted by atomic mass is 10.1. The van der Waals surface area contributed by atoms with Crippen LogP contribution in [0.5, 0.6) is 0 Å². The third-order valence-electron chi connectivity index (χ3n) is 2.82. The first-order chi connectivity index (χ1) is 7.06. The summed E-state index contributed by atoms with van der Waals surface area (Å²) >= 11 is 0. The fourth-order valence-corrected chi connectivity index (χ4v) is 1.26. The lowest BCUT2D eigenvalue weighted by Crippen LogP contribution is -2.34. The van der Waals surface area contributed by atoms with Gasteiger partial charge in [-0.15, -0.1) is 0 Å². The van der Waals surface area contributed by atoms with Crippen molar-refractivity contribution in [2.75, 3.05) is 11.9 Å². The molecule has 0 aliphatic heterocycles. The number of nitrogens with zero attached hydrogens (tertiary/aromatic N) is 3. The molecule has 1 unspecified atom stereocenters. The molecule has 4 nitrogen and oxygen atoms in total. The van der Waals surface area contributed by atoms with E-state index in [1.807, 2.05) is 7.05 Å². The molecule has 2 N–H and O–H groups in total. The second kappa shape index (κ2) is 5.07. The van der Waals surface area contributed by atoms with Crippen LogP contribution >= 0.6 is 0 Å². The molecule has 15 heavy (non-hydrogen) atoms. The fraction of sp³-hybridized carbons (Fsp3) is 0.636. The summed E-state index contributed by atoms with van der Waals surface area (Å²) in [5.74, 6) is 1.33. The van der Waals surface area contributed by atoms with Crippen LogP contribution in [0.3, 0.4) is 0 Å². The van der Waals surface area contributed by atoms with Crippen molar-refractivity contribution in [3.63, 3.8) is 0 Å². The Morgan fingerprint density at radius 2 is 1.80 bits per heavy atom. The molecule has 0 bridgehead atoms. The van der Waals surface area contributed by atoms with E-state index >= 15 is 0 Å². The highest BCUT2D eigenvalue weighted by molar-refractivity contribution is 5.30. The zero-order chi connectivity index (χ0) is 11.4. The second-order valence-corrected chi connectivity index (χ2v) is 4.19. The summed E-state index contributed by atoms with van der Waals surface area (Å²) in [6, 6.07) is 0.425. The monoisotopic (exact) mass is 208 g/mol. The minimum atomic E-state index is 0.425. The maximum Gasteiger partial charge on any atom is 0.225 e. The maximum atomic E-state index is 5.49. The van der Waals surface area contributed by atoms with Crippen molar-refractivity contribution < 1.29 is 0 Å². The van der Waals surface area contributed by atoms with Crippen molar-refractivity contribution in [2.24, 2.45) is 11.7 Å². The standard InChI is InChI=1S/C11H20N4/c1-8(2)9(3)15(4)11-13-6-10(5-12)7-14-11/h6-9H,5,12H2,1-4H3. The van der Waals surface area contributed by atoms with Crippen molar-refractivity contribution in [1.29, 1.82) is 0 Å². The van der Waals surface area contributed by atoms with Gasteiger partial charge in [-0.2, -0.15) is 0 Å². The topological polar surface area (TPSA) is 55.0 Å². The minimum Gasteiger partial charge on any atom is -0.341 e. The summed E-state index contributed by atoms with van der Waals surface area (Å²) in [5, 5.41) is 0. The molecule has 1 aromatic rings. The third-order valence-corrected chi connectivity index (χ3v) is 2.82. The van der Waals surface area contributed by atoms with Crippen molar-refractivity contribution in [1.82, 2.24) is 9.97 Å². The largest absolute Gasteiger partial charge is 0.341 e. The predicted molar refractivity (Wildman–Crippen MR) is 62.6 cm³/mol. The molecular weight excluding hydrogens is 188 g/mol. The molecule has 0 saturated carbocycles. The number of nitrogens with two attached hydrogens (primary N) is 1. The Labute approximate surface area is 91.5 Å². The van der Waals surface area contributed by atoms with Gasteiger partial charge in [-0.1, -0.05) is 13.8 Å². The molecule has 0 aliphatic rings. The molecule has 4 heteroatoms. The molecular formula is C11H20N4. The van der Waals surface area contributed by atoms with Gasteiger partial charge in [-0.25, -0.2) is 9.97 Å². The van der Waals surface area contributed by atoms with Crippen molar-refractivity contribution in [2.45, 2.75) is 33.4 Å². The van der Waals surface area contributed by atoms with Crippen LogP contribution in [0.25, 0.3) is 0 Å². The Morgan fingerprint density at radius 1 is 1.27 bits per heavy atom. The zero-order valence-electron chi connectivity index (χ0n) is 9.94. The smallest absolute Gasteiger partial charge is 0.225 e. The number of hydrogen-bond acceptors (Lipinski definition) is 4. The van der Waals surface area contributed by atoms with Gasteiger partial charge >= 0.3 is 0 Å². The lowest BCUT2D eigenvalue weighted by Gasteiger charge is -2.27. The molecule has 0 radical (unpaired) electrons. The first-order valence-electron chi connectivity index (χ1n) is 5.30. The molecule has 1 heterocycles. The Morgan fingerprint density at radius 3 is 2.20 bits per heavy atom. The number of aromatic nitrogens is 2. The molecule has 84 valence electrons. The van der Waals surface area contributed by atoms with E-state index in [1.54, 1.807) is 12.4 Å². The van der Waals surface area contributed by atoms with Crippen LogP contribution in [0, 0.1) is 5.92 Å². The van der Waals surface area contributed by atoms with E-state index in [9.17, 15) is 0 Å². The third kappa shape index (κ3) is 2.89. The SMILES string of the molecule is CC(C)C(C)N(C)c1ncc(CN)cn1. The summed E-state index contributed by atoms with van der Waals surface area (Å²) < 4.78 is 0. The van der Waals surface area contributed by atoms with Gasteiger partial charge in [0.2, 0.25) is 5.95 Å². The molecule has 0 spiro atoms. The van der Waals surface area contributed by atoms with E-state index < -0.39 is 0 Å². The van der Waals surface area contributed by atoms with Crippen LogP contribution in [-0.2, 0) is 6.54 Å². The van der Waals surface area contributed by atoms with Crippen LogP contribution in [0.4, 0.5) is 5.95 Å². The van der Waals surface area contributed by atoms with Crippen LogP contribution in [0.1, 0.15) is 26.3 Å². The van der Waals surface area contributed by atoms with Crippen LogP contribution < -0.4 is 10.6 Å². The highest BCUT2D eigenvalue weighted by Crippen LogP contribution is 2.14. The molecule has 0 fully saturated rings. The molecule has 1 rings (SSSR count). The van der Waals surface area contributed by atoms with Gasteiger partial charge in [0.25, 0.3) is 0 Å². The van der Waals surface area contributed by atoms with Crippen molar-refractivity contribution in [3.8, 4) is 0 Å². The van der Waals surface area contributed by atoms with Crippen LogP contribution in [0.2, 0.25) is 0 Å². The highest BCUT2D eigenvalue weighted by Gasteiger charge is 2.15. The maximum absolute atomic E-state index is 5.49. The van der Waals surface area contributed by atoms with E-state index in [-0.39, 0.29) is 0 Å². The van der Waals surface area contributed by atoms with Crippen molar-refractivity contribution in [3.05, 3.63) is 18.0 Å². The number of anilines is 1. The molecule has 0 saturated heterocycles.